The molecule has 0 aliphatic carbocycles. The molecule has 4 rings (SSSR count). The number of nitrogens with zero attached hydrogens (tertiary/aromatic N) is 3. The molecule has 154 valence electrons. The van der Waals surface area contributed by atoms with Crippen LogP contribution in [0.3, 0.4) is 0 Å². The zero-order valence-electron chi connectivity index (χ0n) is 17.3. The maximum atomic E-state index is 13.0. The number of fused-ring (bicyclic) bond motifs is 1. The number of ether oxygens (including phenoxy) is 1. The number of aryl methyl sites for hydroxylation is 3. The number of anilines is 1. The van der Waals surface area contributed by atoms with E-state index in [2.05, 4.69) is 32.4 Å². The summed E-state index contributed by atoms with van der Waals surface area (Å²) in [5.41, 5.74) is 3.65. The van der Waals surface area contributed by atoms with Crippen LogP contribution in [0.25, 0.3) is 10.9 Å². The molecule has 0 aliphatic heterocycles. The number of carbonyl (C=O) groups is 1. The molecular formula is C24H26N4O2. The van der Waals surface area contributed by atoms with E-state index in [1.807, 2.05) is 68.1 Å². The van der Waals surface area contributed by atoms with Crippen molar-refractivity contribution in [2.45, 2.75) is 33.4 Å². The molecule has 0 saturated carbocycles. The lowest BCUT2D eigenvalue weighted by Gasteiger charge is -2.07. The third kappa shape index (κ3) is 4.22. The molecule has 0 atom stereocenters. The minimum absolute atomic E-state index is 0.112. The van der Waals surface area contributed by atoms with Gasteiger partial charge in [-0.05, 0) is 50.6 Å². The Bertz CT molecular complexity index is 1140. The molecule has 1 N–H and O–H groups in total. The Kier molecular flexibility index (Phi) is 5.84. The highest BCUT2D eigenvalue weighted by molar-refractivity contribution is 6.13. The van der Waals surface area contributed by atoms with Crippen molar-refractivity contribution in [2.24, 2.45) is 0 Å². The molecule has 6 heteroatoms. The summed E-state index contributed by atoms with van der Waals surface area (Å²) in [6.45, 7) is 6.34. The Morgan fingerprint density at radius 1 is 1.07 bits per heavy atom. The van der Waals surface area contributed by atoms with Gasteiger partial charge in [0, 0.05) is 47.8 Å². The third-order valence-corrected chi connectivity index (χ3v) is 5.17. The second-order valence-corrected chi connectivity index (χ2v) is 7.25. The van der Waals surface area contributed by atoms with Gasteiger partial charge >= 0.3 is 0 Å². The molecule has 2 aromatic carbocycles. The first kappa shape index (κ1) is 19.8. The molecule has 0 aliphatic rings. The van der Waals surface area contributed by atoms with Crippen LogP contribution in [-0.4, -0.2) is 26.6 Å². The summed E-state index contributed by atoms with van der Waals surface area (Å²) in [6, 6.07) is 15.5. The number of hydrogen-bond acceptors (Lipinski definition) is 3. The Labute approximate surface area is 176 Å². The van der Waals surface area contributed by atoms with Gasteiger partial charge in [-0.3, -0.25) is 4.79 Å². The van der Waals surface area contributed by atoms with Crippen LogP contribution in [-0.2, 0) is 13.1 Å². The van der Waals surface area contributed by atoms with Crippen LogP contribution in [0.4, 0.5) is 5.69 Å². The molecule has 4 aromatic rings. The van der Waals surface area contributed by atoms with Crippen molar-refractivity contribution >= 4 is 22.5 Å². The standard InChI is InChI=1S/C24H26N4O2/c1-3-30-20-11-9-19(10-12-20)26-24(29)22-16-27(23-8-5-4-7-21(22)23)13-6-14-28-17-25-15-18(28)2/h4-5,7-12,15-17H,3,6,13-14H2,1-2H3,(H,26,29). The van der Waals surface area contributed by atoms with E-state index >= 15 is 0 Å². The first-order valence-corrected chi connectivity index (χ1v) is 10.2. The second-order valence-electron chi connectivity index (χ2n) is 7.25. The van der Waals surface area contributed by atoms with Crippen LogP contribution < -0.4 is 10.1 Å². The monoisotopic (exact) mass is 402 g/mol. The minimum atomic E-state index is -0.112. The molecule has 0 unspecified atom stereocenters. The van der Waals surface area contributed by atoms with Crippen LogP contribution in [0, 0.1) is 6.92 Å². The molecule has 1 amide bonds. The van der Waals surface area contributed by atoms with Gasteiger partial charge in [0.2, 0.25) is 0 Å². The molecule has 0 spiro atoms. The summed E-state index contributed by atoms with van der Waals surface area (Å²) in [4.78, 5) is 17.2. The van der Waals surface area contributed by atoms with Crippen molar-refractivity contribution in [3.63, 3.8) is 0 Å². The van der Waals surface area contributed by atoms with E-state index in [1.54, 1.807) is 0 Å². The summed E-state index contributed by atoms with van der Waals surface area (Å²) in [5.74, 6) is 0.680. The smallest absolute Gasteiger partial charge is 0.257 e. The van der Waals surface area contributed by atoms with Crippen molar-refractivity contribution in [3.8, 4) is 5.75 Å². The van der Waals surface area contributed by atoms with Crippen molar-refractivity contribution in [1.82, 2.24) is 14.1 Å². The van der Waals surface area contributed by atoms with E-state index in [-0.39, 0.29) is 5.91 Å². The summed E-state index contributed by atoms with van der Waals surface area (Å²) in [6.07, 6.45) is 6.64. The van der Waals surface area contributed by atoms with Gasteiger partial charge in [-0.25, -0.2) is 4.98 Å². The Balaban J connectivity index is 1.50. The Hall–Kier alpha value is -3.54. The summed E-state index contributed by atoms with van der Waals surface area (Å²) >= 11 is 0. The quantitative estimate of drug-likeness (QED) is 0.457. The van der Waals surface area contributed by atoms with Crippen LogP contribution in [0.15, 0.2) is 67.3 Å². The van der Waals surface area contributed by atoms with E-state index < -0.39 is 0 Å². The van der Waals surface area contributed by atoms with E-state index in [0.29, 0.717) is 12.2 Å². The summed E-state index contributed by atoms with van der Waals surface area (Å²) in [5, 5.41) is 3.96. The minimum Gasteiger partial charge on any atom is -0.494 e. The van der Waals surface area contributed by atoms with E-state index in [9.17, 15) is 4.79 Å². The average Bonchev–Trinajstić information content (AvgIpc) is 3.34. The number of carbonyl (C=O) groups excluding carboxylic acids is 1. The summed E-state index contributed by atoms with van der Waals surface area (Å²) < 4.78 is 9.77. The Morgan fingerprint density at radius 3 is 2.57 bits per heavy atom. The predicted molar refractivity (Wildman–Crippen MR) is 119 cm³/mol. The SMILES string of the molecule is CCOc1ccc(NC(=O)c2cn(CCCn3cncc3C)c3ccccc23)cc1. The molecule has 0 radical (unpaired) electrons. The fourth-order valence-corrected chi connectivity index (χ4v) is 3.64. The van der Waals surface area contributed by atoms with Gasteiger partial charge in [-0.1, -0.05) is 18.2 Å². The average molecular weight is 402 g/mol. The van der Waals surface area contributed by atoms with Crippen LogP contribution >= 0.6 is 0 Å². The third-order valence-electron chi connectivity index (χ3n) is 5.17. The number of rotatable bonds is 8. The molecule has 6 nitrogen and oxygen atoms in total. The molecule has 2 heterocycles. The van der Waals surface area contributed by atoms with Crippen molar-refractivity contribution < 1.29 is 9.53 Å². The second kappa shape index (κ2) is 8.86. The highest BCUT2D eigenvalue weighted by Gasteiger charge is 2.15. The first-order valence-electron chi connectivity index (χ1n) is 10.2. The van der Waals surface area contributed by atoms with Crippen molar-refractivity contribution in [2.75, 3.05) is 11.9 Å². The molecule has 30 heavy (non-hydrogen) atoms. The molecule has 0 bridgehead atoms. The zero-order valence-corrected chi connectivity index (χ0v) is 17.3. The van der Waals surface area contributed by atoms with Crippen LogP contribution in [0.5, 0.6) is 5.75 Å². The highest BCUT2D eigenvalue weighted by Crippen LogP contribution is 2.24. The largest absolute Gasteiger partial charge is 0.494 e. The van der Waals surface area contributed by atoms with Crippen LogP contribution in [0.1, 0.15) is 29.4 Å². The molecular weight excluding hydrogens is 376 g/mol. The van der Waals surface area contributed by atoms with Gasteiger partial charge in [-0.15, -0.1) is 0 Å². The zero-order chi connectivity index (χ0) is 20.9. The number of para-hydroxylation sites is 1. The van der Waals surface area contributed by atoms with E-state index in [1.165, 1.54) is 0 Å². The number of nitrogens with one attached hydrogen (secondary N) is 1. The summed E-state index contributed by atoms with van der Waals surface area (Å²) in [7, 11) is 0. The number of imidazole rings is 1. The topological polar surface area (TPSA) is 61.1 Å². The van der Waals surface area contributed by atoms with Gasteiger partial charge in [-0.2, -0.15) is 0 Å². The van der Waals surface area contributed by atoms with E-state index in [4.69, 9.17) is 4.74 Å². The maximum Gasteiger partial charge on any atom is 0.257 e. The predicted octanol–water partition coefficient (Wildman–Crippen LogP) is 4.89. The lowest BCUT2D eigenvalue weighted by Crippen LogP contribution is -2.11. The van der Waals surface area contributed by atoms with Gasteiger partial charge in [0.15, 0.2) is 0 Å². The van der Waals surface area contributed by atoms with Gasteiger partial charge in [0.05, 0.1) is 18.5 Å². The number of aromatic nitrogens is 3. The fraction of sp³-hybridized carbons (Fsp3) is 0.250. The lowest BCUT2D eigenvalue weighted by molar-refractivity contribution is 0.102. The first-order chi connectivity index (χ1) is 14.7. The normalized spacial score (nSPS) is 11.0. The maximum absolute atomic E-state index is 13.0. The number of benzene rings is 2. The molecule has 2 aromatic heterocycles. The molecule has 0 fully saturated rings. The molecule has 0 saturated heterocycles. The van der Waals surface area contributed by atoms with E-state index in [0.717, 1.165) is 47.5 Å². The van der Waals surface area contributed by atoms with Gasteiger partial charge in [0.25, 0.3) is 5.91 Å². The highest BCUT2D eigenvalue weighted by atomic mass is 16.5. The van der Waals surface area contributed by atoms with Crippen LogP contribution in [0.2, 0.25) is 0 Å². The Morgan fingerprint density at radius 2 is 1.83 bits per heavy atom. The van der Waals surface area contributed by atoms with Gasteiger partial charge < -0.3 is 19.2 Å². The van der Waals surface area contributed by atoms with Gasteiger partial charge in [0.1, 0.15) is 5.75 Å². The number of amides is 1. The lowest BCUT2D eigenvalue weighted by atomic mass is 10.1. The van der Waals surface area contributed by atoms with Crippen molar-refractivity contribution in [3.05, 3.63) is 78.5 Å². The fourth-order valence-electron chi connectivity index (χ4n) is 3.64. The van der Waals surface area contributed by atoms with Crippen molar-refractivity contribution in [1.29, 1.82) is 0 Å². The number of hydrogen-bond donors (Lipinski definition) is 1.